The molecule has 0 aliphatic carbocycles. The highest BCUT2D eigenvalue weighted by atomic mass is 33.1. The van der Waals surface area contributed by atoms with Crippen molar-refractivity contribution >= 4 is 21.8 Å². The monoisotopic (exact) mass is 271 g/mol. The highest BCUT2D eigenvalue weighted by Gasteiger charge is 2.23. The van der Waals surface area contributed by atoms with Crippen molar-refractivity contribution in [1.82, 2.24) is 0 Å². The third kappa shape index (κ3) is 4.21. The largest absolute Gasteiger partial charge is 0.326 e. The standard InChI is InChI=1S/C13H23N2S2/c1-4-15(5-2,6-3)17-16-13-9-7-12(11-14)8-10-13/h7-10H,4-6,11,14H2,1-3H3/q+1. The quantitative estimate of drug-likeness (QED) is 0.465. The Morgan fingerprint density at radius 1 is 1.00 bits per heavy atom. The summed E-state index contributed by atoms with van der Waals surface area (Å²) in [4.78, 5) is 1.31. The number of nitrogens with two attached hydrogens (primary N) is 1. The molecule has 0 unspecified atom stereocenters. The minimum absolute atomic E-state index is 0.622. The van der Waals surface area contributed by atoms with Crippen molar-refractivity contribution in [2.75, 3.05) is 19.6 Å². The lowest BCUT2D eigenvalue weighted by Gasteiger charge is -2.31. The lowest BCUT2D eigenvalue weighted by molar-refractivity contribution is -0.787. The number of nitrogens with zero attached hydrogens (tertiary/aromatic N) is 1. The van der Waals surface area contributed by atoms with E-state index in [2.05, 4.69) is 45.0 Å². The van der Waals surface area contributed by atoms with E-state index in [1.807, 2.05) is 21.8 Å². The average Bonchev–Trinajstić information content (AvgIpc) is 2.41. The molecule has 0 radical (unpaired) electrons. The second-order valence-corrected chi connectivity index (χ2v) is 6.52. The maximum atomic E-state index is 5.59. The van der Waals surface area contributed by atoms with Gasteiger partial charge in [0.15, 0.2) is 11.0 Å². The van der Waals surface area contributed by atoms with Gasteiger partial charge in [0, 0.05) is 22.2 Å². The number of rotatable bonds is 7. The molecule has 0 heterocycles. The van der Waals surface area contributed by atoms with Crippen LogP contribution in [0.2, 0.25) is 0 Å². The molecule has 0 aliphatic heterocycles. The van der Waals surface area contributed by atoms with E-state index in [1.165, 1.54) is 30.1 Å². The first-order chi connectivity index (χ1) is 8.19. The van der Waals surface area contributed by atoms with Gasteiger partial charge in [0.2, 0.25) is 0 Å². The molecular formula is C13H23N2S2+. The minimum atomic E-state index is 0.622. The van der Waals surface area contributed by atoms with Crippen LogP contribution in [0.3, 0.4) is 0 Å². The van der Waals surface area contributed by atoms with Crippen LogP contribution >= 0.6 is 21.8 Å². The van der Waals surface area contributed by atoms with Crippen molar-refractivity contribution in [3.8, 4) is 0 Å². The molecule has 1 aromatic carbocycles. The SMILES string of the molecule is CC[N+](CC)(CC)SSc1ccc(CN)cc1. The van der Waals surface area contributed by atoms with Gasteiger partial charge in [-0.15, -0.1) is 0 Å². The summed E-state index contributed by atoms with van der Waals surface area (Å²) in [5.74, 6) is 0. The van der Waals surface area contributed by atoms with Crippen molar-refractivity contribution in [3.63, 3.8) is 0 Å². The van der Waals surface area contributed by atoms with Crippen molar-refractivity contribution in [3.05, 3.63) is 29.8 Å². The van der Waals surface area contributed by atoms with Crippen LogP contribution in [0, 0.1) is 0 Å². The van der Waals surface area contributed by atoms with Crippen molar-refractivity contribution in [2.24, 2.45) is 5.73 Å². The number of hydrogen-bond donors (Lipinski definition) is 1. The Hall–Kier alpha value is -0.160. The van der Waals surface area contributed by atoms with Gasteiger partial charge >= 0.3 is 0 Å². The first-order valence-electron chi connectivity index (χ1n) is 6.21. The van der Waals surface area contributed by atoms with E-state index in [0.29, 0.717) is 6.54 Å². The van der Waals surface area contributed by atoms with Crippen LogP contribution in [0.5, 0.6) is 0 Å². The summed E-state index contributed by atoms with van der Waals surface area (Å²) < 4.78 is 1.10. The Morgan fingerprint density at radius 2 is 1.53 bits per heavy atom. The fourth-order valence-electron chi connectivity index (χ4n) is 1.63. The highest BCUT2D eigenvalue weighted by Crippen LogP contribution is 2.39. The number of quaternary nitrogens is 1. The second-order valence-electron chi connectivity index (χ2n) is 4.01. The summed E-state index contributed by atoms with van der Waals surface area (Å²) in [5, 5.41) is 0. The van der Waals surface area contributed by atoms with E-state index in [-0.39, 0.29) is 0 Å². The first kappa shape index (κ1) is 14.9. The Kier molecular flexibility index (Phi) is 6.41. The maximum Gasteiger partial charge on any atom is 0.152 e. The fraction of sp³-hybridized carbons (Fsp3) is 0.538. The second kappa shape index (κ2) is 7.31. The van der Waals surface area contributed by atoms with E-state index < -0.39 is 0 Å². The van der Waals surface area contributed by atoms with Gasteiger partial charge < -0.3 is 5.73 Å². The third-order valence-corrected chi connectivity index (χ3v) is 6.56. The summed E-state index contributed by atoms with van der Waals surface area (Å²) in [5.41, 5.74) is 6.79. The predicted octanol–water partition coefficient (Wildman–Crippen LogP) is 3.68. The zero-order chi connectivity index (χ0) is 12.7. The normalized spacial score (nSPS) is 11.8. The maximum absolute atomic E-state index is 5.59. The van der Waals surface area contributed by atoms with E-state index in [1.54, 1.807) is 0 Å². The average molecular weight is 271 g/mol. The van der Waals surface area contributed by atoms with Crippen LogP contribution in [0.25, 0.3) is 0 Å². The molecule has 4 heteroatoms. The van der Waals surface area contributed by atoms with E-state index >= 15 is 0 Å². The molecule has 0 aliphatic rings. The Balaban J connectivity index is 2.59. The molecule has 0 fully saturated rings. The minimum Gasteiger partial charge on any atom is -0.326 e. The summed E-state index contributed by atoms with van der Waals surface area (Å²) in [6.45, 7) is 10.9. The molecule has 0 saturated carbocycles. The Labute approximate surface area is 113 Å². The number of benzene rings is 1. The molecule has 0 spiro atoms. The van der Waals surface area contributed by atoms with Crippen molar-refractivity contribution < 1.29 is 3.89 Å². The lowest BCUT2D eigenvalue weighted by Crippen LogP contribution is -2.39. The van der Waals surface area contributed by atoms with Gasteiger partial charge in [0.1, 0.15) is 0 Å². The topological polar surface area (TPSA) is 26.0 Å². The predicted molar refractivity (Wildman–Crippen MR) is 79.7 cm³/mol. The summed E-state index contributed by atoms with van der Waals surface area (Å²) >= 11 is 0. The molecule has 0 saturated heterocycles. The van der Waals surface area contributed by atoms with Crippen LogP contribution in [0.15, 0.2) is 29.2 Å². The van der Waals surface area contributed by atoms with Crippen LogP contribution in [0.4, 0.5) is 0 Å². The fourth-order valence-corrected chi connectivity index (χ4v) is 4.45. The smallest absolute Gasteiger partial charge is 0.152 e. The molecule has 96 valence electrons. The molecule has 0 bridgehead atoms. The Bertz CT molecular complexity index is 312. The van der Waals surface area contributed by atoms with Gasteiger partial charge in [-0.3, -0.25) is 3.89 Å². The van der Waals surface area contributed by atoms with Gasteiger partial charge in [-0.05, 0) is 38.5 Å². The first-order valence-corrected chi connectivity index (χ1v) is 8.31. The highest BCUT2D eigenvalue weighted by molar-refractivity contribution is 8.74. The van der Waals surface area contributed by atoms with Gasteiger partial charge in [-0.1, -0.05) is 12.1 Å². The zero-order valence-corrected chi connectivity index (χ0v) is 12.6. The van der Waals surface area contributed by atoms with Crippen LogP contribution in [-0.4, -0.2) is 23.5 Å². The summed E-state index contributed by atoms with van der Waals surface area (Å²) in [7, 11) is 3.83. The molecule has 0 aromatic heterocycles. The molecule has 1 rings (SSSR count). The van der Waals surface area contributed by atoms with E-state index in [9.17, 15) is 0 Å². The molecule has 0 atom stereocenters. The zero-order valence-electron chi connectivity index (χ0n) is 11.0. The van der Waals surface area contributed by atoms with Crippen LogP contribution in [-0.2, 0) is 6.54 Å². The van der Waals surface area contributed by atoms with Gasteiger partial charge in [-0.2, -0.15) is 0 Å². The summed E-state index contributed by atoms with van der Waals surface area (Å²) in [6, 6.07) is 8.55. The van der Waals surface area contributed by atoms with Crippen molar-refractivity contribution in [1.29, 1.82) is 0 Å². The van der Waals surface area contributed by atoms with Crippen LogP contribution in [0.1, 0.15) is 26.3 Å². The molecular weight excluding hydrogens is 248 g/mol. The van der Waals surface area contributed by atoms with Crippen LogP contribution < -0.4 is 5.73 Å². The van der Waals surface area contributed by atoms with E-state index in [4.69, 9.17) is 5.73 Å². The Morgan fingerprint density at radius 3 is 1.94 bits per heavy atom. The molecule has 2 nitrogen and oxygen atoms in total. The molecule has 17 heavy (non-hydrogen) atoms. The van der Waals surface area contributed by atoms with Gasteiger partial charge in [-0.25, -0.2) is 0 Å². The van der Waals surface area contributed by atoms with E-state index in [0.717, 1.165) is 3.89 Å². The summed E-state index contributed by atoms with van der Waals surface area (Å²) in [6.07, 6.45) is 0. The van der Waals surface area contributed by atoms with Gasteiger partial charge in [0.25, 0.3) is 0 Å². The molecule has 2 N–H and O–H groups in total. The molecule has 0 amide bonds. The third-order valence-electron chi connectivity index (χ3n) is 3.18. The van der Waals surface area contributed by atoms with Gasteiger partial charge in [0.05, 0.1) is 19.6 Å². The number of hydrogen-bond acceptors (Lipinski definition) is 3. The molecule has 1 aromatic rings. The van der Waals surface area contributed by atoms with Crippen molar-refractivity contribution in [2.45, 2.75) is 32.2 Å². The lowest BCUT2D eigenvalue weighted by atomic mass is 10.2.